The predicted octanol–water partition coefficient (Wildman–Crippen LogP) is 2.95. The largest absolute Gasteiger partial charge is 0.323 e. The van der Waals surface area contributed by atoms with E-state index >= 15 is 0 Å². The van der Waals surface area contributed by atoms with Gasteiger partial charge in [0.15, 0.2) is 0 Å². The highest BCUT2D eigenvalue weighted by molar-refractivity contribution is 5.85. The summed E-state index contributed by atoms with van der Waals surface area (Å²) in [6, 6.07) is 10.7. The average molecular weight is 286 g/mol. The number of carbonyl (C=O) groups excluding carboxylic acids is 1. The van der Waals surface area contributed by atoms with Crippen LogP contribution in [0.5, 0.6) is 0 Å². The lowest BCUT2D eigenvalue weighted by Crippen LogP contribution is -2.43. The van der Waals surface area contributed by atoms with Crippen LogP contribution in [-0.4, -0.2) is 29.1 Å². The topological polar surface area (TPSA) is 32.3 Å². The lowest BCUT2D eigenvalue weighted by atomic mass is 10.0. The zero-order valence-electron chi connectivity index (χ0n) is 13.1. The number of carbonyl (C=O) groups is 1. The first-order valence-corrected chi connectivity index (χ1v) is 8.31. The second-order valence-corrected chi connectivity index (χ2v) is 6.57. The first-order valence-electron chi connectivity index (χ1n) is 8.31. The molecule has 21 heavy (non-hydrogen) atoms. The van der Waals surface area contributed by atoms with Gasteiger partial charge in [0.2, 0.25) is 5.91 Å². The molecule has 1 aromatic rings. The zero-order valence-corrected chi connectivity index (χ0v) is 13.1. The summed E-state index contributed by atoms with van der Waals surface area (Å²) >= 11 is 0. The molecular weight excluding hydrogens is 260 g/mol. The van der Waals surface area contributed by atoms with E-state index in [1.54, 1.807) is 0 Å². The summed E-state index contributed by atoms with van der Waals surface area (Å²) < 4.78 is 0. The first-order chi connectivity index (χ1) is 10.2. The van der Waals surface area contributed by atoms with Gasteiger partial charge in [0.25, 0.3) is 0 Å². The number of hydrogen-bond donors (Lipinski definition) is 1. The van der Waals surface area contributed by atoms with Gasteiger partial charge in [-0.3, -0.25) is 10.1 Å². The highest BCUT2D eigenvalue weighted by atomic mass is 16.2. The second kappa shape index (κ2) is 6.18. The van der Waals surface area contributed by atoms with Crippen LogP contribution >= 0.6 is 0 Å². The maximum absolute atomic E-state index is 12.8. The highest BCUT2D eigenvalue weighted by Gasteiger charge is 2.41. The molecule has 114 valence electrons. The van der Waals surface area contributed by atoms with Crippen LogP contribution < -0.4 is 5.32 Å². The summed E-state index contributed by atoms with van der Waals surface area (Å²) in [7, 11) is 0. The van der Waals surface area contributed by atoms with Crippen LogP contribution in [-0.2, 0) is 11.2 Å². The molecule has 0 spiro atoms. The molecule has 3 atom stereocenters. The molecule has 1 aromatic carbocycles. The monoisotopic (exact) mass is 286 g/mol. The van der Waals surface area contributed by atoms with Crippen molar-refractivity contribution >= 4 is 5.91 Å². The van der Waals surface area contributed by atoms with E-state index in [0.29, 0.717) is 11.9 Å². The Labute approximate surface area is 127 Å². The Morgan fingerprint density at radius 1 is 1.29 bits per heavy atom. The molecular formula is C18H26N2O. The molecule has 0 bridgehead atoms. The SMILES string of the molecule is CCC(CC1CC1)N1C(=O)C(Cc2ccccc2)NC1C. The van der Waals surface area contributed by atoms with E-state index in [4.69, 9.17) is 0 Å². The van der Waals surface area contributed by atoms with Gasteiger partial charge in [0.1, 0.15) is 0 Å². The molecule has 1 heterocycles. The van der Waals surface area contributed by atoms with Crippen molar-refractivity contribution in [1.29, 1.82) is 0 Å². The van der Waals surface area contributed by atoms with Crippen molar-refractivity contribution in [2.75, 3.05) is 0 Å². The van der Waals surface area contributed by atoms with Gasteiger partial charge in [-0.1, -0.05) is 50.1 Å². The van der Waals surface area contributed by atoms with E-state index in [-0.39, 0.29) is 12.2 Å². The van der Waals surface area contributed by atoms with E-state index in [0.717, 1.165) is 18.8 Å². The molecule has 1 aliphatic heterocycles. The summed E-state index contributed by atoms with van der Waals surface area (Å²) in [6.07, 6.45) is 5.91. The Balaban J connectivity index is 1.67. The molecule has 0 aromatic heterocycles. The van der Waals surface area contributed by atoms with Crippen LogP contribution in [0.3, 0.4) is 0 Å². The van der Waals surface area contributed by atoms with Gasteiger partial charge in [-0.2, -0.15) is 0 Å². The summed E-state index contributed by atoms with van der Waals surface area (Å²) in [5.41, 5.74) is 1.23. The van der Waals surface area contributed by atoms with Crippen molar-refractivity contribution in [1.82, 2.24) is 10.2 Å². The van der Waals surface area contributed by atoms with Crippen LogP contribution in [0.25, 0.3) is 0 Å². The Hall–Kier alpha value is -1.35. The minimum absolute atomic E-state index is 0.0596. The van der Waals surface area contributed by atoms with E-state index in [1.165, 1.54) is 24.8 Å². The lowest BCUT2D eigenvalue weighted by molar-refractivity contribution is -0.132. The Morgan fingerprint density at radius 3 is 2.62 bits per heavy atom. The van der Waals surface area contributed by atoms with Gasteiger partial charge in [0.05, 0.1) is 12.2 Å². The number of amides is 1. The molecule has 0 radical (unpaired) electrons. The van der Waals surface area contributed by atoms with E-state index < -0.39 is 0 Å². The summed E-state index contributed by atoms with van der Waals surface area (Å²) in [5, 5.41) is 3.49. The highest BCUT2D eigenvalue weighted by Crippen LogP contribution is 2.36. The number of nitrogens with one attached hydrogen (secondary N) is 1. The van der Waals surface area contributed by atoms with Gasteiger partial charge in [0, 0.05) is 6.04 Å². The van der Waals surface area contributed by atoms with Crippen LogP contribution in [0, 0.1) is 5.92 Å². The number of nitrogens with zero attached hydrogens (tertiary/aromatic N) is 1. The maximum Gasteiger partial charge on any atom is 0.241 e. The molecule has 3 nitrogen and oxygen atoms in total. The van der Waals surface area contributed by atoms with Gasteiger partial charge >= 0.3 is 0 Å². The molecule has 1 saturated heterocycles. The van der Waals surface area contributed by atoms with Crippen LogP contribution in [0.2, 0.25) is 0 Å². The fraction of sp³-hybridized carbons (Fsp3) is 0.611. The molecule has 3 rings (SSSR count). The van der Waals surface area contributed by atoms with Crippen molar-refractivity contribution in [3.63, 3.8) is 0 Å². The third kappa shape index (κ3) is 3.29. The van der Waals surface area contributed by atoms with Gasteiger partial charge < -0.3 is 4.90 Å². The quantitative estimate of drug-likeness (QED) is 0.872. The molecule has 2 aliphatic rings. The van der Waals surface area contributed by atoms with Crippen molar-refractivity contribution in [2.45, 2.75) is 64.2 Å². The van der Waals surface area contributed by atoms with Crippen molar-refractivity contribution < 1.29 is 4.79 Å². The van der Waals surface area contributed by atoms with E-state index in [9.17, 15) is 4.79 Å². The average Bonchev–Trinajstić information content (AvgIpc) is 3.26. The standard InChI is InChI=1S/C18H26N2O/c1-3-16(11-15-9-10-15)20-13(2)19-17(18(20)21)12-14-7-5-4-6-8-14/h4-8,13,15-17,19H,3,9-12H2,1-2H3. The molecule has 2 fully saturated rings. The summed E-state index contributed by atoms with van der Waals surface area (Å²) in [6.45, 7) is 4.33. The molecule has 1 saturated carbocycles. The minimum atomic E-state index is -0.0596. The van der Waals surface area contributed by atoms with Gasteiger partial charge in [-0.05, 0) is 37.7 Å². The maximum atomic E-state index is 12.8. The Morgan fingerprint density at radius 2 is 2.00 bits per heavy atom. The number of hydrogen-bond acceptors (Lipinski definition) is 2. The minimum Gasteiger partial charge on any atom is -0.323 e. The van der Waals surface area contributed by atoms with Crippen LogP contribution in [0.15, 0.2) is 30.3 Å². The van der Waals surface area contributed by atoms with Crippen molar-refractivity contribution in [3.8, 4) is 0 Å². The number of rotatable bonds is 6. The fourth-order valence-electron chi connectivity index (χ4n) is 3.52. The lowest BCUT2D eigenvalue weighted by Gasteiger charge is -2.30. The van der Waals surface area contributed by atoms with Crippen LogP contribution in [0.4, 0.5) is 0 Å². The fourth-order valence-corrected chi connectivity index (χ4v) is 3.52. The molecule has 3 unspecified atom stereocenters. The molecule has 1 amide bonds. The smallest absolute Gasteiger partial charge is 0.241 e. The first kappa shape index (κ1) is 14.6. The zero-order chi connectivity index (χ0) is 14.8. The molecule has 1 N–H and O–H groups in total. The normalized spacial score (nSPS) is 27.1. The van der Waals surface area contributed by atoms with Crippen molar-refractivity contribution in [3.05, 3.63) is 35.9 Å². The second-order valence-electron chi connectivity index (χ2n) is 6.57. The Bertz CT molecular complexity index is 483. The summed E-state index contributed by atoms with van der Waals surface area (Å²) in [5.74, 6) is 1.15. The third-order valence-electron chi connectivity index (χ3n) is 4.86. The van der Waals surface area contributed by atoms with Gasteiger partial charge in [-0.15, -0.1) is 0 Å². The van der Waals surface area contributed by atoms with Gasteiger partial charge in [-0.25, -0.2) is 0 Å². The number of benzene rings is 1. The third-order valence-corrected chi connectivity index (χ3v) is 4.86. The van der Waals surface area contributed by atoms with E-state index in [1.807, 2.05) is 18.2 Å². The predicted molar refractivity (Wildman–Crippen MR) is 84.8 cm³/mol. The van der Waals surface area contributed by atoms with E-state index in [2.05, 4.69) is 36.2 Å². The Kier molecular flexibility index (Phi) is 4.29. The molecule has 3 heteroatoms. The van der Waals surface area contributed by atoms with Crippen LogP contribution in [0.1, 0.15) is 45.1 Å². The van der Waals surface area contributed by atoms with Crippen molar-refractivity contribution in [2.24, 2.45) is 5.92 Å². The molecule has 1 aliphatic carbocycles. The summed E-state index contributed by atoms with van der Waals surface area (Å²) in [4.78, 5) is 14.9.